The highest BCUT2D eigenvalue weighted by Crippen LogP contribution is 2.31. The molecular weight excluding hydrogens is 465 g/mol. The van der Waals surface area contributed by atoms with Crippen LogP contribution >= 0.6 is 11.6 Å². The third kappa shape index (κ3) is 4.87. The van der Waals surface area contributed by atoms with E-state index >= 15 is 0 Å². The molecule has 5 rings (SSSR count). The number of hydrogen-bond acceptors (Lipinski definition) is 4. The van der Waals surface area contributed by atoms with Crippen molar-refractivity contribution in [3.05, 3.63) is 112 Å². The number of benzene rings is 2. The van der Waals surface area contributed by atoms with Crippen molar-refractivity contribution in [2.75, 3.05) is 6.54 Å². The molecule has 8 heteroatoms. The molecule has 6 nitrogen and oxygen atoms in total. The van der Waals surface area contributed by atoms with Crippen molar-refractivity contribution >= 4 is 29.2 Å². The van der Waals surface area contributed by atoms with Crippen molar-refractivity contribution in [2.24, 2.45) is 0 Å². The minimum atomic E-state index is -0.290. The summed E-state index contributed by atoms with van der Waals surface area (Å²) in [6, 6.07) is 18.9. The van der Waals surface area contributed by atoms with E-state index in [1.807, 2.05) is 43.3 Å². The molecule has 3 heterocycles. The SMILES string of the molecule is CC(NC(=O)c1nn(-c2ccc(Cl)cc2)c2c1CNCC2=Cc1ccc(F)cc1)c1ccccn1. The van der Waals surface area contributed by atoms with Crippen LogP contribution in [0.15, 0.2) is 72.9 Å². The Hall–Kier alpha value is -3.81. The van der Waals surface area contributed by atoms with E-state index < -0.39 is 0 Å². The van der Waals surface area contributed by atoms with Crippen LogP contribution in [0, 0.1) is 5.82 Å². The highest BCUT2D eigenvalue weighted by Gasteiger charge is 2.29. The summed E-state index contributed by atoms with van der Waals surface area (Å²) in [5.74, 6) is -0.571. The molecule has 176 valence electrons. The Morgan fingerprint density at radius 2 is 1.89 bits per heavy atom. The molecule has 4 aromatic rings. The first-order valence-corrected chi connectivity index (χ1v) is 11.6. The zero-order valence-electron chi connectivity index (χ0n) is 19.0. The minimum Gasteiger partial charge on any atom is -0.343 e. The van der Waals surface area contributed by atoms with E-state index in [0.717, 1.165) is 33.8 Å². The van der Waals surface area contributed by atoms with Crippen molar-refractivity contribution in [2.45, 2.75) is 19.5 Å². The first kappa shape index (κ1) is 23.0. The minimum absolute atomic E-state index is 0.281. The van der Waals surface area contributed by atoms with Gasteiger partial charge in [0, 0.05) is 29.9 Å². The third-order valence-corrected chi connectivity index (χ3v) is 6.13. The lowest BCUT2D eigenvalue weighted by atomic mass is 9.98. The van der Waals surface area contributed by atoms with Gasteiger partial charge in [0.25, 0.3) is 5.91 Å². The summed E-state index contributed by atoms with van der Waals surface area (Å²) in [6.45, 7) is 2.96. The van der Waals surface area contributed by atoms with Crippen molar-refractivity contribution in [3.63, 3.8) is 0 Å². The highest BCUT2D eigenvalue weighted by atomic mass is 35.5. The van der Waals surface area contributed by atoms with Crippen molar-refractivity contribution in [1.82, 2.24) is 25.4 Å². The topological polar surface area (TPSA) is 71.8 Å². The molecule has 0 bridgehead atoms. The summed E-state index contributed by atoms with van der Waals surface area (Å²) in [7, 11) is 0. The molecule has 2 aromatic carbocycles. The van der Waals surface area contributed by atoms with Crippen LogP contribution < -0.4 is 10.6 Å². The molecule has 0 spiro atoms. The maximum Gasteiger partial charge on any atom is 0.272 e. The van der Waals surface area contributed by atoms with Gasteiger partial charge in [-0.05, 0) is 72.7 Å². The lowest BCUT2D eigenvalue weighted by molar-refractivity contribution is 0.0932. The molecule has 0 aliphatic carbocycles. The lowest BCUT2D eigenvalue weighted by Crippen LogP contribution is -2.30. The van der Waals surface area contributed by atoms with E-state index in [1.165, 1.54) is 12.1 Å². The van der Waals surface area contributed by atoms with Crippen molar-refractivity contribution in [3.8, 4) is 5.69 Å². The number of carbonyl (C=O) groups is 1. The molecule has 1 amide bonds. The maximum atomic E-state index is 13.4. The van der Waals surface area contributed by atoms with E-state index in [0.29, 0.717) is 23.8 Å². The van der Waals surface area contributed by atoms with E-state index in [-0.39, 0.29) is 17.8 Å². The normalized spacial score (nSPS) is 15.0. The molecular formula is C27H23ClFN5O. The molecule has 1 atom stereocenters. The fourth-order valence-corrected chi connectivity index (χ4v) is 4.28. The van der Waals surface area contributed by atoms with E-state index in [1.54, 1.807) is 35.1 Å². The average molecular weight is 488 g/mol. The number of amides is 1. The monoisotopic (exact) mass is 487 g/mol. The Kier molecular flexibility index (Phi) is 6.44. The number of nitrogens with zero attached hydrogens (tertiary/aromatic N) is 3. The van der Waals surface area contributed by atoms with Gasteiger partial charge in [0.15, 0.2) is 5.69 Å². The Balaban J connectivity index is 1.58. The molecule has 0 radical (unpaired) electrons. The summed E-state index contributed by atoms with van der Waals surface area (Å²) in [5, 5.41) is 11.7. The fourth-order valence-electron chi connectivity index (χ4n) is 4.16. The Labute approximate surface area is 207 Å². The van der Waals surface area contributed by atoms with Gasteiger partial charge in [-0.2, -0.15) is 5.10 Å². The number of fused-ring (bicyclic) bond motifs is 1. The van der Waals surface area contributed by atoms with E-state index in [4.69, 9.17) is 16.7 Å². The largest absolute Gasteiger partial charge is 0.343 e. The summed E-state index contributed by atoms with van der Waals surface area (Å²) >= 11 is 6.11. The van der Waals surface area contributed by atoms with Crippen LogP contribution in [0.5, 0.6) is 0 Å². The molecule has 1 unspecified atom stereocenters. The highest BCUT2D eigenvalue weighted by molar-refractivity contribution is 6.30. The Morgan fingerprint density at radius 1 is 1.11 bits per heavy atom. The van der Waals surface area contributed by atoms with E-state index in [9.17, 15) is 9.18 Å². The first-order chi connectivity index (χ1) is 17.0. The second-order valence-corrected chi connectivity index (χ2v) is 8.77. The smallest absolute Gasteiger partial charge is 0.272 e. The van der Waals surface area contributed by atoms with Gasteiger partial charge < -0.3 is 10.6 Å². The van der Waals surface area contributed by atoms with Crippen molar-refractivity contribution in [1.29, 1.82) is 0 Å². The van der Waals surface area contributed by atoms with Gasteiger partial charge >= 0.3 is 0 Å². The number of hydrogen-bond donors (Lipinski definition) is 2. The quantitative estimate of drug-likeness (QED) is 0.406. The van der Waals surface area contributed by atoms with Crippen LogP contribution in [0.3, 0.4) is 0 Å². The molecule has 0 saturated carbocycles. The molecule has 1 aliphatic rings. The molecule has 0 saturated heterocycles. The maximum absolute atomic E-state index is 13.4. The zero-order valence-corrected chi connectivity index (χ0v) is 19.8. The second-order valence-electron chi connectivity index (χ2n) is 8.34. The average Bonchev–Trinajstić information content (AvgIpc) is 3.27. The predicted octanol–water partition coefficient (Wildman–Crippen LogP) is 5.19. The molecule has 2 N–H and O–H groups in total. The van der Waals surface area contributed by atoms with Gasteiger partial charge in [0.05, 0.1) is 23.1 Å². The fraction of sp³-hybridized carbons (Fsp3) is 0.148. The number of halogens is 2. The van der Waals surface area contributed by atoms with Gasteiger partial charge in [-0.25, -0.2) is 9.07 Å². The predicted molar refractivity (Wildman–Crippen MR) is 135 cm³/mol. The molecule has 2 aromatic heterocycles. The standard InChI is InChI=1S/C27H23ClFN5O/c1-17(24-4-2-3-13-31-24)32-27(35)25-23-16-30-15-19(14-18-5-9-21(29)10-6-18)26(23)34(33-25)22-11-7-20(28)8-12-22/h2-14,17,30H,15-16H2,1H3,(H,32,35). The van der Waals surface area contributed by atoms with Gasteiger partial charge in [-0.3, -0.25) is 9.78 Å². The number of rotatable bonds is 5. The van der Waals surface area contributed by atoms with Crippen LogP contribution in [0.2, 0.25) is 5.02 Å². The zero-order chi connectivity index (χ0) is 24.4. The summed E-state index contributed by atoms with van der Waals surface area (Å²) in [4.78, 5) is 17.7. The van der Waals surface area contributed by atoms with Crippen LogP contribution in [0.1, 0.15) is 46.0 Å². The Bertz CT molecular complexity index is 1380. The van der Waals surface area contributed by atoms with Gasteiger partial charge in [-0.15, -0.1) is 0 Å². The van der Waals surface area contributed by atoms with Crippen LogP contribution in [0.25, 0.3) is 17.3 Å². The lowest BCUT2D eigenvalue weighted by Gasteiger charge is -2.20. The molecule has 1 aliphatic heterocycles. The van der Waals surface area contributed by atoms with Gasteiger partial charge in [0.1, 0.15) is 5.82 Å². The second kappa shape index (κ2) is 9.82. The van der Waals surface area contributed by atoms with Crippen molar-refractivity contribution < 1.29 is 9.18 Å². The van der Waals surface area contributed by atoms with Crippen LogP contribution in [0.4, 0.5) is 4.39 Å². The van der Waals surface area contributed by atoms with Gasteiger partial charge in [0.2, 0.25) is 0 Å². The van der Waals surface area contributed by atoms with Crippen LogP contribution in [-0.2, 0) is 6.54 Å². The summed E-state index contributed by atoms with van der Waals surface area (Å²) in [5.41, 5.74) is 5.33. The van der Waals surface area contributed by atoms with E-state index in [2.05, 4.69) is 15.6 Å². The van der Waals surface area contributed by atoms with Crippen LogP contribution in [-0.4, -0.2) is 27.2 Å². The van der Waals surface area contributed by atoms with Gasteiger partial charge in [-0.1, -0.05) is 29.8 Å². The molecule has 0 fully saturated rings. The number of pyridine rings is 1. The summed E-state index contributed by atoms with van der Waals surface area (Å²) < 4.78 is 15.2. The molecule has 35 heavy (non-hydrogen) atoms. The number of carbonyl (C=O) groups excluding carboxylic acids is 1. The Morgan fingerprint density at radius 3 is 2.60 bits per heavy atom. The number of nitrogens with one attached hydrogen (secondary N) is 2. The first-order valence-electron chi connectivity index (χ1n) is 11.3. The third-order valence-electron chi connectivity index (χ3n) is 5.88. The number of aromatic nitrogens is 3. The summed E-state index contributed by atoms with van der Waals surface area (Å²) in [6.07, 6.45) is 3.68.